The molecule has 74 valence electrons. The van der Waals surface area contributed by atoms with Crippen molar-refractivity contribution >= 4 is 38.8 Å². The van der Waals surface area contributed by atoms with E-state index in [0.29, 0.717) is 10.0 Å². The maximum absolute atomic E-state index is 13.5. The monoisotopic (exact) mass is 276 g/mol. The van der Waals surface area contributed by atoms with E-state index in [2.05, 4.69) is 15.9 Å². The Hall–Kier alpha value is -0.670. The summed E-state index contributed by atoms with van der Waals surface area (Å²) in [4.78, 5) is 10.4. The van der Waals surface area contributed by atoms with Gasteiger partial charge in [-0.25, -0.2) is 4.39 Å². The first-order valence-corrected chi connectivity index (χ1v) is 5.01. The number of halogens is 3. The second-order valence-electron chi connectivity index (χ2n) is 2.74. The highest BCUT2D eigenvalue weighted by Crippen LogP contribution is 2.23. The summed E-state index contributed by atoms with van der Waals surface area (Å²) in [5.74, 6) is -0.390. The molecular formula is C10H7BrClFO. The van der Waals surface area contributed by atoms with Gasteiger partial charge in [0.1, 0.15) is 5.82 Å². The number of hydrogen-bond donors (Lipinski definition) is 0. The average molecular weight is 278 g/mol. The summed E-state index contributed by atoms with van der Waals surface area (Å²) in [5.41, 5.74) is 1.13. The number of rotatable bonds is 2. The molecule has 0 atom stereocenters. The van der Waals surface area contributed by atoms with Crippen molar-refractivity contribution in [2.24, 2.45) is 0 Å². The zero-order valence-electron chi connectivity index (χ0n) is 7.35. The van der Waals surface area contributed by atoms with Crippen LogP contribution >= 0.6 is 27.5 Å². The summed E-state index contributed by atoms with van der Waals surface area (Å²) >= 11 is 8.20. The Labute approximate surface area is 94.7 Å². The number of benzene rings is 1. The van der Waals surface area contributed by atoms with Crippen molar-refractivity contribution in [3.63, 3.8) is 0 Å². The molecule has 1 aromatic rings. The minimum absolute atomic E-state index is 0.330. The van der Waals surface area contributed by atoms with Gasteiger partial charge in [-0.3, -0.25) is 4.79 Å². The topological polar surface area (TPSA) is 17.1 Å². The van der Waals surface area contributed by atoms with Crippen LogP contribution in [0.15, 0.2) is 22.7 Å². The van der Waals surface area contributed by atoms with Gasteiger partial charge in [0.15, 0.2) is 0 Å². The third kappa shape index (κ3) is 2.66. The Balaban J connectivity index is 3.12. The van der Waals surface area contributed by atoms with E-state index in [-0.39, 0.29) is 5.82 Å². The summed E-state index contributed by atoms with van der Waals surface area (Å²) in [7, 11) is 0. The van der Waals surface area contributed by atoms with Gasteiger partial charge < -0.3 is 0 Å². The van der Waals surface area contributed by atoms with Gasteiger partial charge in [-0.15, -0.1) is 0 Å². The lowest BCUT2D eigenvalue weighted by Crippen LogP contribution is -1.88. The molecule has 0 bridgehead atoms. The Morgan fingerprint density at radius 1 is 1.57 bits per heavy atom. The minimum atomic E-state index is -0.624. The molecule has 0 saturated carbocycles. The van der Waals surface area contributed by atoms with Gasteiger partial charge in [0.2, 0.25) is 5.24 Å². The molecule has 0 aliphatic carbocycles. The van der Waals surface area contributed by atoms with Gasteiger partial charge in [0, 0.05) is 5.56 Å². The van der Waals surface area contributed by atoms with Gasteiger partial charge in [-0.1, -0.05) is 12.1 Å². The zero-order chi connectivity index (χ0) is 10.7. The quantitative estimate of drug-likeness (QED) is 0.595. The fourth-order valence-corrected chi connectivity index (χ4v) is 1.37. The van der Waals surface area contributed by atoms with Crippen molar-refractivity contribution in [2.75, 3.05) is 0 Å². The van der Waals surface area contributed by atoms with Gasteiger partial charge in [0.05, 0.1) is 4.47 Å². The van der Waals surface area contributed by atoms with E-state index in [4.69, 9.17) is 11.6 Å². The predicted octanol–water partition coefficient (Wildman–Crippen LogP) is 3.68. The van der Waals surface area contributed by atoms with Gasteiger partial charge in [0.25, 0.3) is 0 Å². The SMILES string of the molecule is Cc1ccc(C=CC(=O)Cl)c(F)c1Br. The van der Waals surface area contributed by atoms with E-state index in [1.54, 1.807) is 19.1 Å². The van der Waals surface area contributed by atoms with Crippen molar-refractivity contribution < 1.29 is 9.18 Å². The first-order valence-electron chi connectivity index (χ1n) is 3.84. The molecule has 0 N–H and O–H groups in total. The summed E-state index contributed by atoms with van der Waals surface area (Å²) in [5, 5.41) is -0.624. The Kier molecular flexibility index (Phi) is 3.84. The van der Waals surface area contributed by atoms with Gasteiger partial charge in [-0.05, 0) is 52.2 Å². The largest absolute Gasteiger partial charge is 0.276 e. The highest BCUT2D eigenvalue weighted by Gasteiger charge is 2.06. The van der Waals surface area contributed by atoms with Crippen molar-refractivity contribution in [1.29, 1.82) is 0 Å². The van der Waals surface area contributed by atoms with Crippen LogP contribution in [0.4, 0.5) is 4.39 Å². The first-order chi connectivity index (χ1) is 6.52. The van der Waals surface area contributed by atoms with Crippen LogP contribution in [-0.2, 0) is 4.79 Å². The Bertz CT molecular complexity index is 401. The van der Waals surface area contributed by atoms with E-state index < -0.39 is 5.24 Å². The number of carbonyl (C=O) groups is 1. The lowest BCUT2D eigenvalue weighted by molar-refractivity contribution is -0.107. The molecule has 14 heavy (non-hydrogen) atoms. The van der Waals surface area contributed by atoms with E-state index in [1.807, 2.05) is 0 Å². The average Bonchev–Trinajstić information content (AvgIpc) is 2.13. The number of allylic oxidation sites excluding steroid dienone is 1. The molecule has 1 rings (SSSR count). The van der Waals surface area contributed by atoms with Crippen molar-refractivity contribution in [3.8, 4) is 0 Å². The summed E-state index contributed by atoms with van der Waals surface area (Å²) in [6.45, 7) is 1.79. The molecule has 0 fully saturated rings. The normalized spacial score (nSPS) is 10.9. The predicted molar refractivity (Wildman–Crippen MR) is 58.7 cm³/mol. The molecule has 0 unspecified atom stereocenters. The van der Waals surface area contributed by atoms with Crippen LogP contribution in [0.5, 0.6) is 0 Å². The first kappa shape index (κ1) is 11.4. The van der Waals surface area contributed by atoms with E-state index in [9.17, 15) is 9.18 Å². The standard InChI is InChI=1S/C10H7BrClFO/c1-6-2-3-7(4-5-8(12)14)10(13)9(6)11/h2-5H,1H3. The van der Waals surface area contributed by atoms with Crippen LogP contribution in [0.2, 0.25) is 0 Å². The van der Waals surface area contributed by atoms with Crippen molar-refractivity contribution in [2.45, 2.75) is 6.92 Å². The number of carbonyl (C=O) groups excluding carboxylic acids is 1. The molecule has 0 amide bonds. The third-order valence-electron chi connectivity index (χ3n) is 1.70. The minimum Gasteiger partial charge on any atom is -0.276 e. The van der Waals surface area contributed by atoms with Crippen LogP contribution in [-0.4, -0.2) is 5.24 Å². The molecule has 0 heterocycles. The molecule has 0 spiro atoms. The fourth-order valence-electron chi connectivity index (χ4n) is 0.945. The molecule has 0 radical (unpaired) electrons. The maximum atomic E-state index is 13.5. The molecule has 0 aromatic heterocycles. The molecule has 1 aromatic carbocycles. The van der Waals surface area contributed by atoms with Crippen LogP contribution in [0.25, 0.3) is 6.08 Å². The second kappa shape index (κ2) is 4.71. The fraction of sp³-hybridized carbons (Fsp3) is 0.100. The van der Waals surface area contributed by atoms with Crippen LogP contribution in [0.3, 0.4) is 0 Å². The van der Waals surface area contributed by atoms with Gasteiger partial charge in [-0.2, -0.15) is 0 Å². The molecule has 0 saturated heterocycles. The highest BCUT2D eigenvalue weighted by molar-refractivity contribution is 9.10. The van der Waals surface area contributed by atoms with Crippen LogP contribution in [0.1, 0.15) is 11.1 Å². The summed E-state index contributed by atoms with van der Waals surface area (Å²) in [6, 6.07) is 3.34. The summed E-state index contributed by atoms with van der Waals surface area (Å²) < 4.78 is 13.9. The van der Waals surface area contributed by atoms with Crippen molar-refractivity contribution in [3.05, 3.63) is 39.6 Å². The zero-order valence-corrected chi connectivity index (χ0v) is 9.69. The maximum Gasteiger partial charge on any atom is 0.245 e. The molecule has 1 nitrogen and oxygen atoms in total. The third-order valence-corrected chi connectivity index (χ3v) is 2.80. The van der Waals surface area contributed by atoms with E-state index >= 15 is 0 Å². The Morgan fingerprint density at radius 3 is 2.79 bits per heavy atom. The van der Waals surface area contributed by atoms with Gasteiger partial charge >= 0.3 is 0 Å². The lowest BCUT2D eigenvalue weighted by Gasteiger charge is -2.02. The molecule has 0 aliphatic rings. The Morgan fingerprint density at radius 2 is 2.21 bits per heavy atom. The number of aryl methyl sites for hydroxylation is 1. The molecule has 0 aliphatic heterocycles. The molecular weight excluding hydrogens is 270 g/mol. The summed E-state index contributed by atoms with van der Waals surface area (Å²) in [6.07, 6.45) is 2.45. The van der Waals surface area contributed by atoms with E-state index in [1.165, 1.54) is 6.08 Å². The van der Waals surface area contributed by atoms with Crippen molar-refractivity contribution in [1.82, 2.24) is 0 Å². The second-order valence-corrected chi connectivity index (χ2v) is 3.90. The smallest absolute Gasteiger partial charge is 0.245 e. The molecule has 4 heteroatoms. The van der Waals surface area contributed by atoms with Crippen LogP contribution in [0, 0.1) is 12.7 Å². The number of hydrogen-bond acceptors (Lipinski definition) is 1. The highest BCUT2D eigenvalue weighted by atomic mass is 79.9. The van der Waals surface area contributed by atoms with Crippen LogP contribution < -0.4 is 0 Å². The lowest BCUT2D eigenvalue weighted by atomic mass is 10.1. The van der Waals surface area contributed by atoms with E-state index in [0.717, 1.165) is 11.6 Å².